The molecule has 16 heavy (non-hydrogen) atoms. The van der Waals surface area contributed by atoms with Gasteiger partial charge in [0.1, 0.15) is 0 Å². The number of methoxy groups -OCH3 is 1. The fourth-order valence-electron chi connectivity index (χ4n) is 1.88. The zero-order chi connectivity index (χ0) is 11.7. The SMILES string of the molecule is COCC(N)c1cc2[nH]c(=O)[nH]c2cc1C. The lowest BCUT2D eigenvalue weighted by atomic mass is 10.0. The first kappa shape index (κ1) is 10.9. The van der Waals surface area contributed by atoms with Crippen LogP contribution < -0.4 is 11.4 Å². The minimum Gasteiger partial charge on any atom is -0.383 e. The summed E-state index contributed by atoms with van der Waals surface area (Å²) in [6.07, 6.45) is 0. The molecular formula is C11H15N3O2. The van der Waals surface area contributed by atoms with Gasteiger partial charge in [-0.25, -0.2) is 4.79 Å². The van der Waals surface area contributed by atoms with Gasteiger partial charge in [-0.15, -0.1) is 0 Å². The average Bonchev–Trinajstić information content (AvgIpc) is 2.56. The zero-order valence-electron chi connectivity index (χ0n) is 9.33. The first-order valence-corrected chi connectivity index (χ1v) is 5.09. The quantitative estimate of drug-likeness (QED) is 0.717. The first-order chi connectivity index (χ1) is 7.61. The number of hydrogen-bond donors (Lipinski definition) is 3. The van der Waals surface area contributed by atoms with Crippen LogP contribution in [0.4, 0.5) is 0 Å². The molecule has 1 atom stereocenters. The van der Waals surface area contributed by atoms with E-state index in [1.807, 2.05) is 19.1 Å². The largest absolute Gasteiger partial charge is 0.383 e. The molecule has 1 aromatic heterocycles. The van der Waals surface area contributed by atoms with Crippen molar-refractivity contribution in [3.05, 3.63) is 33.7 Å². The summed E-state index contributed by atoms with van der Waals surface area (Å²) in [5, 5.41) is 0. The van der Waals surface area contributed by atoms with Gasteiger partial charge in [0.05, 0.1) is 23.7 Å². The Kier molecular flexibility index (Phi) is 2.80. The number of aryl methyl sites for hydroxylation is 1. The molecule has 0 radical (unpaired) electrons. The molecule has 4 N–H and O–H groups in total. The van der Waals surface area contributed by atoms with Crippen LogP contribution in [0.25, 0.3) is 11.0 Å². The van der Waals surface area contributed by atoms with Gasteiger partial charge in [-0.3, -0.25) is 0 Å². The lowest BCUT2D eigenvalue weighted by molar-refractivity contribution is 0.181. The summed E-state index contributed by atoms with van der Waals surface area (Å²) in [4.78, 5) is 16.6. The third-order valence-corrected chi connectivity index (χ3v) is 2.65. The van der Waals surface area contributed by atoms with E-state index < -0.39 is 0 Å². The molecule has 0 spiro atoms. The number of imidazole rings is 1. The summed E-state index contributed by atoms with van der Waals surface area (Å²) in [6, 6.07) is 3.64. The van der Waals surface area contributed by atoms with E-state index in [9.17, 15) is 4.79 Å². The number of aromatic amines is 2. The van der Waals surface area contributed by atoms with E-state index in [1.165, 1.54) is 0 Å². The van der Waals surface area contributed by atoms with E-state index in [1.54, 1.807) is 7.11 Å². The van der Waals surface area contributed by atoms with Crippen LogP contribution in [0, 0.1) is 6.92 Å². The molecule has 5 nitrogen and oxygen atoms in total. The first-order valence-electron chi connectivity index (χ1n) is 5.09. The van der Waals surface area contributed by atoms with Gasteiger partial charge in [0.2, 0.25) is 0 Å². The Bertz CT molecular complexity index is 556. The molecule has 0 saturated heterocycles. The van der Waals surface area contributed by atoms with Gasteiger partial charge in [-0.1, -0.05) is 0 Å². The Morgan fingerprint density at radius 2 is 2.00 bits per heavy atom. The number of hydrogen-bond acceptors (Lipinski definition) is 3. The van der Waals surface area contributed by atoms with Gasteiger partial charge in [0.15, 0.2) is 0 Å². The van der Waals surface area contributed by atoms with Crippen LogP contribution in [0.3, 0.4) is 0 Å². The van der Waals surface area contributed by atoms with Crippen molar-refractivity contribution < 1.29 is 4.74 Å². The number of ether oxygens (including phenoxy) is 1. The Hall–Kier alpha value is -1.59. The summed E-state index contributed by atoms with van der Waals surface area (Å²) >= 11 is 0. The third-order valence-electron chi connectivity index (χ3n) is 2.65. The maximum Gasteiger partial charge on any atom is 0.323 e. The molecule has 0 fully saturated rings. The van der Waals surface area contributed by atoms with Crippen molar-refractivity contribution in [1.82, 2.24) is 9.97 Å². The maximum atomic E-state index is 11.1. The van der Waals surface area contributed by atoms with Crippen LogP contribution in [-0.2, 0) is 4.74 Å². The molecule has 0 bridgehead atoms. The second kappa shape index (κ2) is 4.11. The van der Waals surface area contributed by atoms with Gasteiger partial charge in [0.25, 0.3) is 0 Å². The number of fused-ring (bicyclic) bond motifs is 1. The predicted molar refractivity (Wildman–Crippen MR) is 62.5 cm³/mol. The number of rotatable bonds is 3. The highest BCUT2D eigenvalue weighted by molar-refractivity contribution is 5.76. The highest BCUT2D eigenvalue weighted by Gasteiger charge is 2.11. The number of benzene rings is 1. The van der Waals surface area contributed by atoms with Crippen molar-refractivity contribution in [1.29, 1.82) is 0 Å². The summed E-state index contributed by atoms with van der Waals surface area (Å²) in [7, 11) is 1.62. The molecule has 0 amide bonds. The van der Waals surface area contributed by atoms with Crippen LogP contribution >= 0.6 is 0 Å². The molecule has 0 aliphatic rings. The standard InChI is InChI=1S/C11H15N3O2/c1-6-3-9-10(14-11(15)13-9)4-7(6)8(12)5-16-2/h3-4,8H,5,12H2,1-2H3,(H2,13,14,15). The molecule has 0 aliphatic heterocycles. The minimum atomic E-state index is -0.202. The second-order valence-electron chi connectivity index (χ2n) is 3.90. The lowest BCUT2D eigenvalue weighted by Crippen LogP contribution is -2.17. The van der Waals surface area contributed by atoms with E-state index >= 15 is 0 Å². The maximum absolute atomic E-state index is 11.1. The Morgan fingerprint density at radius 1 is 1.38 bits per heavy atom. The second-order valence-corrected chi connectivity index (χ2v) is 3.90. The van der Waals surface area contributed by atoms with Crippen molar-refractivity contribution in [3.8, 4) is 0 Å². The van der Waals surface area contributed by atoms with E-state index in [0.29, 0.717) is 6.61 Å². The summed E-state index contributed by atoms with van der Waals surface area (Å²) in [5.41, 5.74) is 9.39. The van der Waals surface area contributed by atoms with Crippen molar-refractivity contribution in [2.75, 3.05) is 13.7 Å². The number of H-pyrrole nitrogens is 2. The number of nitrogens with one attached hydrogen (secondary N) is 2. The molecule has 1 heterocycles. The molecule has 0 saturated carbocycles. The van der Waals surface area contributed by atoms with Gasteiger partial charge in [-0.05, 0) is 30.2 Å². The van der Waals surface area contributed by atoms with Crippen LogP contribution in [0.15, 0.2) is 16.9 Å². The highest BCUT2D eigenvalue weighted by atomic mass is 16.5. The van der Waals surface area contributed by atoms with Crippen molar-refractivity contribution in [3.63, 3.8) is 0 Å². The highest BCUT2D eigenvalue weighted by Crippen LogP contribution is 2.20. The predicted octanol–water partition coefficient (Wildman–Crippen LogP) is 0.811. The van der Waals surface area contributed by atoms with E-state index in [2.05, 4.69) is 9.97 Å². The number of aromatic nitrogens is 2. The zero-order valence-corrected chi connectivity index (χ0v) is 9.33. The van der Waals surface area contributed by atoms with Crippen LogP contribution in [-0.4, -0.2) is 23.7 Å². The number of nitrogens with two attached hydrogens (primary N) is 1. The fraction of sp³-hybridized carbons (Fsp3) is 0.364. The minimum absolute atomic E-state index is 0.173. The van der Waals surface area contributed by atoms with Gasteiger partial charge in [-0.2, -0.15) is 0 Å². The van der Waals surface area contributed by atoms with Crippen LogP contribution in [0.5, 0.6) is 0 Å². The van der Waals surface area contributed by atoms with Crippen LogP contribution in [0.2, 0.25) is 0 Å². The Balaban J connectivity index is 2.52. The fourth-order valence-corrected chi connectivity index (χ4v) is 1.88. The average molecular weight is 221 g/mol. The molecule has 0 aliphatic carbocycles. The van der Waals surface area contributed by atoms with Crippen LogP contribution in [0.1, 0.15) is 17.2 Å². The molecule has 1 unspecified atom stereocenters. The van der Waals surface area contributed by atoms with E-state index in [-0.39, 0.29) is 11.7 Å². The Labute approximate surface area is 92.6 Å². The molecule has 2 aromatic rings. The van der Waals surface area contributed by atoms with Gasteiger partial charge >= 0.3 is 5.69 Å². The summed E-state index contributed by atoms with van der Waals surface area (Å²) in [5.74, 6) is 0. The lowest BCUT2D eigenvalue weighted by Gasteiger charge is -2.13. The smallest absolute Gasteiger partial charge is 0.323 e. The monoisotopic (exact) mass is 221 g/mol. The van der Waals surface area contributed by atoms with Crippen molar-refractivity contribution in [2.45, 2.75) is 13.0 Å². The topological polar surface area (TPSA) is 83.9 Å². The van der Waals surface area contributed by atoms with E-state index in [4.69, 9.17) is 10.5 Å². The molecule has 2 rings (SSSR count). The molecule has 1 aromatic carbocycles. The molecular weight excluding hydrogens is 206 g/mol. The third kappa shape index (κ3) is 1.87. The molecule has 5 heteroatoms. The van der Waals surface area contributed by atoms with E-state index in [0.717, 1.165) is 22.2 Å². The van der Waals surface area contributed by atoms with Gasteiger partial charge in [0, 0.05) is 7.11 Å². The Morgan fingerprint density at radius 3 is 2.62 bits per heavy atom. The van der Waals surface area contributed by atoms with Crippen molar-refractivity contribution >= 4 is 11.0 Å². The molecule has 86 valence electrons. The summed E-state index contributed by atoms with van der Waals surface area (Å²) in [6.45, 7) is 2.43. The van der Waals surface area contributed by atoms with Gasteiger partial charge < -0.3 is 20.4 Å². The normalized spacial score (nSPS) is 13.2. The summed E-state index contributed by atoms with van der Waals surface area (Å²) < 4.78 is 5.03. The van der Waals surface area contributed by atoms with Crippen molar-refractivity contribution in [2.24, 2.45) is 5.73 Å².